The molecule has 0 saturated heterocycles. The average Bonchev–Trinajstić information content (AvgIpc) is 3.28. The third kappa shape index (κ3) is 4.97. The van der Waals surface area contributed by atoms with Crippen LogP contribution in [0.2, 0.25) is 0 Å². The molecule has 0 radical (unpaired) electrons. The van der Waals surface area contributed by atoms with Crippen LogP contribution in [0, 0.1) is 5.92 Å². The number of carbonyl (C=O) groups is 1. The lowest BCUT2D eigenvalue weighted by Crippen LogP contribution is -2.31. The standard InChI is InChI=1S/C23H28N4O3/c1-5-29-19-9-7-17(13-20(19)30-6-2)22(16(3)4)26-23(28)18-8-10-21(25-14-18)27-12-11-24-15-27/h7-16,22H,5-6H2,1-4H3,(H,26,28)/t22-/m1/s1. The molecule has 7 nitrogen and oxygen atoms in total. The van der Waals surface area contributed by atoms with E-state index in [1.165, 1.54) is 0 Å². The van der Waals surface area contributed by atoms with Gasteiger partial charge in [-0.3, -0.25) is 9.36 Å². The fourth-order valence-electron chi connectivity index (χ4n) is 3.19. The number of ether oxygens (including phenoxy) is 2. The Morgan fingerprint density at radius 1 is 1.10 bits per heavy atom. The van der Waals surface area contributed by atoms with Gasteiger partial charge in [0.25, 0.3) is 5.91 Å². The summed E-state index contributed by atoms with van der Waals surface area (Å²) in [5, 5.41) is 3.13. The summed E-state index contributed by atoms with van der Waals surface area (Å²) in [5.41, 5.74) is 1.47. The molecule has 0 bridgehead atoms. The van der Waals surface area contributed by atoms with Crippen LogP contribution in [0.3, 0.4) is 0 Å². The van der Waals surface area contributed by atoms with Crippen LogP contribution in [0.5, 0.6) is 11.5 Å². The van der Waals surface area contributed by atoms with Gasteiger partial charge in [-0.2, -0.15) is 0 Å². The number of aromatic nitrogens is 3. The fourth-order valence-corrected chi connectivity index (χ4v) is 3.19. The zero-order valence-corrected chi connectivity index (χ0v) is 17.8. The number of hydrogen-bond donors (Lipinski definition) is 1. The summed E-state index contributed by atoms with van der Waals surface area (Å²) >= 11 is 0. The van der Waals surface area contributed by atoms with E-state index >= 15 is 0 Å². The molecule has 30 heavy (non-hydrogen) atoms. The van der Waals surface area contributed by atoms with Gasteiger partial charge in [-0.05, 0) is 49.6 Å². The fraction of sp³-hybridized carbons (Fsp3) is 0.348. The highest BCUT2D eigenvalue weighted by Crippen LogP contribution is 2.33. The van der Waals surface area contributed by atoms with Crippen LogP contribution < -0.4 is 14.8 Å². The van der Waals surface area contributed by atoms with Gasteiger partial charge in [0.15, 0.2) is 11.5 Å². The number of benzene rings is 1. The second-order valence-corrected chi connectivity index (χ2v) is 7.14. The lowest BCUT2D eigenvalue weighted by Gasteiger charge is -2.24. The van der Waals surface area contributed by atoms with E-state index in [2.05, 4.69) is 29.1 Å². The SMILES string of the molecule is CCOc1ccc([C@H](NC(=O)c2ccc(-n3ccnc3)nc2)C(C)C)cc1OCC. The van der Waals surface area contributed by atoms with Gasteiger partial charge in [0.2, 0.25) is 0 Å². The molecule has 0 aliphatic heterocycles. The number of pyridine rings is 1. The molecular formula is C23H28N4O3. The van der Waals surface area contributed by atoms with Crippen molar-refractivity contribution in [1.29, 1.82) is 0 Å². The second-order valence-electron chi connectivity index (χ2n) is 7.14. The van der Waals surface area contributed by atoms with Crippen LogP contribution in [-0.4, -0.2) is 33.7 Å². The summed E-state index contributed by atoms with van der Waals surface area (Å²) in [5.74, 6) is 2.10. The van der Waals surface area contributed by atoms with Crippen molar-refractivity contribution in [3.8, 4) is 17.3 Å². The molecule has 3 aromatic rings. The maximum atomic E-state index is 12.9. The highest BCUT2D eigenvalue weighted by atomic mass is 16.5. The molecule has 0 aliphatic rings. The molecule has 158 valence electrons. The number of amides is 1. The van der Waals surface area contributed by atoms with Gasteiger partial charge in [-0.15, -0.1) is 0 Å². The Kier molecular flexibility index (Phi) is 7.06. The molecule has 2 heterocycles. The highest BCUT2D eigenvalue weighted by molar-refractivity contribution is 5.94. The summed E-state index contributed by atoms with van der Waals surface area (Å²) in [6.07, 6.45) is 6.73. The van der Waals surface area contributed by atoms with Crippen molar-refractivity contribution >= 4 is 5.91 Å². The van der Waals surface area contributed by atoms with Crippen LogP contribution in [-0.2, 0) is 0 Å². The first-order valence-corrected chi connectivity index (χ1v) is 10.2. The molecule has 0 saturated carbocycles. The summed E-state index contributed by atoms with van der Waals surface area (Å²) in [6.45, 7) is 9.12. The first-order chi connectivity index (χ1) is 14.5. The monoisotopic (exact) mass is 408 g/mol. The van der Waals surface area contributed by atoms with E-state index in [0.29, 0.717) is 36.1 Å². The van der Waals surface area contributed by atoms with Crippen LogP contribution in [0.1, 0.15) is 49.7 Å². The van der Waals surface area contributed by atoms with Gasteiger partial charge < -0.3 is 14.8 Å². The van der Waals surface area contributed by atoms with Crippen molar-refractivity contribution in [2.45, 2.75) is 33.7 Å². The van der Waals surface area contributed by atoms with Crippen molar-refractivity contribution in [2.75, 3.05) is 13.2 Å². The van der Waals surface area contributed by atoms with Gasteiger partial charge in [-0.25, -0.2) is 9.97 Å². The van der Waals surface area contributed by atoms with E-state index in [-0.39, 0.29) is 17.9 Å². The molecule has 0 aliphatic carbocycles. The quantitative estimate of drug-likeness (QED) is 0.574. The first-order valence-electron chi connectivity index (χ1n) is 10.2. The van der Waals surface area contributed by atoms with Crippen molar-refractivity contribution in [3.05, 3.63) is 66.4 Å². The predicted octanol–water partition coefficient (Wildman–Crippen LogP) is 4.19. The molecule has 1 atom stereocenters. The minimum atomic E-state index is -0.180. The molecule has 2 aromatic heterocycles. The summed E-state index contributed by atoms with van der Waals surface area (Å²) in [4.78, 5) is 21.3. The predicted molar refractivity (Wildman–Crippen MR) is 115 cm³/mol. The highest BCUT2D eigenvalue weighted by Gasteiger charge is 2.21. The number of nitrogens with one attached hydrogen (secondary N) is 1. The van der Waals surface area contributed by atoms with E-state index in [1.54, 1.807) is 41.6 Å². The van der Waals surface area contributed by atoms with Crippen LogP contribution in [0.4, 0.5) is 0 Å². The normalized spacial score (nSPS) is 11.9. The number of carbonyl (C=O) groups excluding carboxylic acids is 1. The largest absolute Gasteiger partial charge is 0.490 e. The summed E-state index contributed by atoms with van der Waals surface area (Å²) in [6, 6.07) is 9.19. The van der Waals surface area contributed by atoms with Gasteiger partial charge in [-0.1, -0.05) is 19.9 Å². The Bertz CT molecular complexity index is 953. The zero-order valence-electron chi connectivity index (χ0n) is 17.8. The number of rotatable bonds is 9. The molecule has 7 heteroatoms. The van der Waals surface area contributed by atoms with Gasteiger partial charge in [0, 0.05) is 18.6 Å². The number of imidazole rings is 1. The second kappa shape index (κ2) is 9.91. The molecule has 0 spiro atoms. The minimum absolute atomic E-state index is 0.176. The Balaban J connectivity index is 1.80. The van der Waals surface area contributed by atoms with Crippen molar-refractivity contribution in [2.24, 2.45) is 5.92 Å². The molecule has 0 fully saturated rings. The van der Waals surface area contributed by atoms with Gasteiger partial charge >= 0.3 is 0 Å². The van der Waals surface area contributed by atoms with E-state index < -0.39 is 0 Å². The van der Waals surface area contributed by atoms with Crippen molar-refractivity contribution in [1.82, 2.24) is 19.9 Å². The van der Waals surface area contributed by atoms with Crippen LogP contribution in [0.15, 0.2) is 55.2 Å². The molecular weight excluding hydrogens is 380 g/mol. The summed E-state index contributed by atoms with van der Waals surface area (Å²) in [7, 11) is 0. The van der Waals surface area contributed by atoms with Gasteiger partial charge in [0.05, 0.1) is 24.8 Å². The topological polar surface area (TPSA) is 78.3 Å². The maximum Gasteiger partial charge on any atom is 0.253 e. The molecule has 3 rings (SSSR count). The van der Waals surface area contributed by atoms with E-state index in [0.717, 1.165) is 5.56 Å². The number of nitrogens with zero attached hydrogens (tertiary/aromatic N) is 3. The average molecular weight is 409 g/mol. The Morgan fingerprint density at radius 3 is 2.47 bits per heavy atom. The Labute approximate surface area is 177 Å². The molecule has 1 aromatic carbocycles. The van der Waals surface area contributed by atoms with E-state index in [4.69, 9.17) is 9.47 Å². The van der Waals surface area contributed by atoms with E-state index in [9.17, 15) is 4.79 Å². The maximum absolute atomic E-state index is 12.9. The van der Waals surface area contributed by atoms with Gasteiger partial charge in [0.1, 0.15) is 12.1 Å². The summed E-state index contributed by atoms with van der Waals surface area (Å²) < 4.78 is 13.2. The third-order valence-corrected chi connectivity index (χ3v) is 4.66. The lowest BCUT2D eigenvalue weighted by atomic mass is 9.95. The van der Waals surface area contributed by atoms with Crippen LogP contribution in [0.25, 0.3) is 5.82 Å². The van der Waals surface area contributed by atoms with Crippen molar-refractivity contribution < 1.29 is 14.3 Å². The first kappa shape index (κ1) is 21.4. The Morgan fingerprint density at radius 2 is 1.87 bits per heavy atom. The Hall–Kier alpha value is -3.35. The van der Waals surface area contributed by atoms with Crippen LogP contribution >= 0.6 is 0 Å². The minimum Gasteiger partial charge on any atom is -0.490 e. The smallest absolute Gasteiger partial charge is 0.253 e. The zero-order chi connectivity index (χ0) is 21.5. The molecule has 0 unspecified atom stereocenters. The molecule has 1 N–H and O–H groups in total. The molecule has 1 amide bonds. The van der Waals surface area contributed by atoms with E-state index in [1.807, 2.05) is 32.0 Å². The number of hydrogen-bond acceptors (Lipinski definition) is 5. The van der Waals surface area contributed by atoms with Crippen molar-refractivity contribution in [3.63, 3.8) is 0 Å². The third-order valence-electron chi connectivity index (χ3n) is 4.66. The lowest BCUT2D eigenvalue weighted by molar-refractivity contribution is 0.0925.